The zero-order valence-electron chi connectivity index (χ0n) is 24.3. The number of rotatable bonds is 6. The first kappa shape index (κ1) is 34.2. The van der Waals surface area contributed by atoms with Crippen LogP contribution in [-0.2, 0) is 34.4 Å². The van der Waals surface area contributed by atoms with E-state index in [9.17, 15) is 4.79 Å². The molecule has 227 valence electrons. The number of benzene rings is 4. The molecule has 0 spiro atoms. The molecule has 0 aliphatic rings. The Kier molecular flexibility index (Phi) is 13.8. The third-order valence-corrected chi connectivity index (χ3v) is 6.45. The number of ether oxygens (including phenoxy) is 2. The summed E-state index contributed by atoms with van der Waals surface area (Å²) in [7, 11) is 2.43. The molecule has 2 aromatic heterocycles. The van der Waals surface area contributed by atoms with E-state index in [0.29, 0.717) is 0 Å². The first-order valence-electron chi connectivity index (χ1n) is 13.6. The Hall–Kier alpha value is -4.30. The van der Waals surface area contributed by atoms with Crippen LogP contribution in [-0.4, -0.2) is 52.8 Å². The molecule has 0 fully saturated rings. The summed E-state index contributed by atoms with van der Waals surface area (Å²) in [5.74, 6) is -0.777. The predicted octanol–water partition coefficient (Wildman–Crippen LogP) is 6.28. The van der Waals surface area contributed by atoms with Crippen molar-refractivity contribution in [3.8, 4) is 22.5 Å². The molecule has 2 N–H and O–H groups in total. The minimum Gasteiger partial charge on any atom is -0.467 e. The van der Waals surface area contributed by atoms with Gasteiger partial charge in [0.05, 0.1) is 7.11 Å². The molecule has 0 bridgehead atoms. The van der Waals surface area contributed by atoms with Crippen LogP contribution in [0.3, 0.4) is 0 Å². The number of aromatic nitrogens is 2. The first-order chi connectivity index (χ1) is 21.0. The van der Waals surface area contributed by atoms with Gasteiger partial charge in [-0.2, -0.15) is 0 Å². The van der Waals surface area contributed by atoms with Crippen molar-refractivity contribution in [3.63, 3.8) is 0 Å². The number of esters is 1. The number of carbonyl (C=O) groups excluding carboxylic acids is 1. The van der Waals surface area contributed by atoms with Crippen LogP contribution < -0.4 is 0 Å². The molecular weight excluding hydrogens is 733 g/mol. The van der Waals surface area contributed by atoms with Gasteiger partial charge in [-0.1, -0.05) is 48.5 Å². The van der Waals surface area contributed by atoms with Gasteiger partial charge in [0, 0.05) is 46.0 Å². The van der Waals surface area contributed by atoms with E-state index < -0.39 is 18.4 Å². The van der Waals surface area contributed by atoms with E-state index in [0.717, 1.165) is 29.6 Å². The second-order valence-corrected chi connectivity index (χ2v) is 9.28. The van der Waals surface area contributed by atoms with Gasteiger partial charge in [-0.05, 0) is 45.1 Å². The van der Waals surface area contributed by atoms with Gasteiger partial charge in [0.2, 0.25) is 0 Å². The van der Waals surface area contributed by atoms with E-state index >= 15 is 0 Å². The number of hydrogen-bond acceptors (Lipinski definition) is 7. The minimum atomic E-state index is -1.32. The summed E-state index contributed by atoms with van der Waals surface area (Å²) in [6.07, 6.45) is 1.05. The van der Waals surface area contributed by atoms with Crippen molar-refractivity contribution < 1.29 is 44.6 Å². The van der Waals surface area contributed by atoms with Crippen LogP contribution in [0.5, 0.6) is 0 Å². The average Bonchev–Trinajstić information content (AvgIpc) is 3.08. The van der Waals surface area contributed by atoms with Gasteiger partial charge in [-0.25, -0.2) is 4.79 Å². The van der Waals surface area contributed by atoms with E-state index in [4.69, 9.17) is 10.2 Å². The summed E-state index contributed by atoms with van der Waals surface area (Å²) < 4.78 is 8.61. The summed E-state index contributed by atoms with van der Waals surface area (Å²) in [4.78, 5) is 19.4. The molecule has 1 radical (unpaired) electrons. The maximum Gasteiger partial charge on any atom is 0.334 e. The number of nitrogens with zero attached hydrogens (tertiary/aromatic N) is 2. The van der Waals surface area contributed by atoms with Gasteiger partial charge in [-0.3, -0.25) is 0 Å². The van der Waals surface area contributed by atoms with Crippen molar-refractivity contribution in [1.82, 2.24) is 9.97 Å². The summed E-state index contributed by atoms with van der Waals surface area (Å²) in [6, 6.07) is 42.9. The van der Waals surface area contributed by atoms with E-state index in [1.165, 1.54) is 28.7 Å². The number of methoxy groups -OCH3 is 2. The maximum atomic E-state index is 10.5. The van der Waals surface area contributed by atoms with Crippen LogP contribution in [0, 0.1) is 12.1 Å². The largest absolute Gasteiger partial charge is 0.467 e. The fraction of sp³-hybridized carbons (Fsp3) is 0.139. The molecule has 7 nitrogen and oxygen atoms in total. The van der Waals surface area contributed by atoms with Crippen LogP contribution in [0.25, 0.3) is 44.1 Å². The molecule has 44 heavy (non-hydrogen) atoms. The zero-order valence-corrected chi connectivity index (χ0v) is 26.7. The molecule has 0 saturated heterocycles. The number of carbonyl (C=O) groups is 1. The Morgan fingerprint density at radius 1 is 0.705 bits per heavy atom. The Bertz CT molecular complexity index is 1610. The standard InChI is InChI=1S/2C15H10N.C6H12O5.Ir/c2*1-2-7-13(8-3-1)15-14-9-5-4-6-12(14)10-11-16-15;1-10-5(8)3-4(7)6(9)11-2;/h2*1-7,9-11H;4-5,7-8H,3H2,1-2H3;/q2*-1;;. The predicted molar refractivity (Wildman–Crippen MR) is 168 cm³/mol. The van der Waals surface area contributed by atoms with Crippen molar-refractivity contribution in [2.45, 2.75) is 18.8 Å². The van der Waals surface area contributed by atoms with Crippen molar-refractivity contribution >= 4 is 27.5 Å². The average molecular weight is 765 g/mol. The Balaban J connectivity index is 0.000000183. The first-order valence-corrected chi connectivity index (χ1v) is 13.6. The third kappa shape index (κ3) is 9.35. The maximum absolute atomic E-state index is 10.5. The quantitative estimate of drug-likeness (QED) is 0.117. The van der Waals surface area contributed by atoms with E-state index in [2.05, 4.69) is 55.8 Å². The third-order valence-electron chi connectivity index (χ3n) is 6.45. The van der Waals surface area contributed by atoms with E-state index in [1.807, 2.05) is 97.3 Å². The van der Waals surface area contributed by atoms with Crippen molar-refractivity contribution in [1.29, 1.82) is 0 Å². The smallest absolute Gasteiger partial charge is 0.334 e. The van der Waals surface area contributed by atoms with Crippen LogP contribution in [0.2, 0.25) is 0 Å². The topological polar surface area (TPSA) is 102 Å². The van der Waals surface area contributed by atoms with Crippen LogP contribution in [0.4, 0.5) is 0 Å². The molecule has 0 amide bonds. The Labute approximate surface area is 270 Å². The number of hydrogen-bond donors (Lipinski definition) is 2. The summed E-state index contributed by atoms with van der Waals surface area (Å²) in [5.41, 5.74) is 4.08. The van der Waals surface area contributed by atoms with Crippen molar-refractivity contribution in [2.24, 2.45) is 0 Å². The number of aliphatic hydroxyl groups is 2. The summed E-state index contributed by atoms with van der Waals surface area (Å²) in [5, 5.41) is 22.5. The molecule has 2 unspecified atom stereocenters. The van der Waals surface area contributed by atoms with Gasteiger partial charge in [0.25, 0.3) is 0 Å². The zero-order chi connectivity index (χ0) is 30.4. The minimum absolute atomic E-state index is 0. The number of fused-ring (bicyclic) bond motifs is 2. The summed E-state index contributed by atoms with van der Waals surface area (Å²) >= 11 is 0. The molecular formula is C36H32IrN2O5-2. The Morgan fingerprint density at radius 3 is 1.57 bits per heavy atom. The van der Waals surface area contributed by atoms with Gasteiger partial charge >= 0.3 is 5.97 Å². The number of aliphatic hydroxyl groups excluding tert-OH is 2. The fourth-order valence-corrected chi connectivity index (χ4v) is 4.27. The second-order valence-electron chi connectivity index (χ2n) is 9.28. The molecule has 0 saturated carbocycles. The SMILES string of the molecule is COC(=O)C(O)CC(O)OC.[Ir].[c-]1ccccc1-c1nccc2ccccc12.[c-]1ccccc1-c1nccc2ccccc12. The van der Waals surface area contributed by atoms with Gasteiger partial charge in [-0.15, -0.1) is 71.8 Å². The van der Waals surface area contributed by atoms with Crippen LogP contribution >= 0.6 is 0 Å². The molecule has 2 heterocycles. The summed E-state index contributed by atoms with van der Waals surface area (Å²) in [6.45, 7) is 0. The van der Waals surface area contributed by atoms with Crippen molar-refractivity contribution in [3.05, 3.63) is 134 Å². The Morgan fingerprint density at radius 2 is 1.16 bits per heavy atom. The number of pyridine rings is 2. The van der Waals surface area contributed by atoms with Crippen LogP contribution in [0.15, 0.2) is 122 Å². The molecule has 4 aromatic carbocycles. The molecule has 0 aliphatic carbocycles. The van der Waals surface area contributed by atoms with Crippen molar-refractivity contribution in [2.75, 3.05) is 14.2 Å². The monoisotopic (exact) mass is 765 g/mol. The normalized spacial score (nSPS) is 11.5. The van der Waals surface area contributed by atoms with Gasteiger partial charge < -0.3 is 29.7 Å². The molecule has 2 atom stereocenters. The molecule has 8 heteroatoms. The van der Waals surface area contributed by atoms with E-state index in [-0.39, 0.29) is 26.5 Å². The molecule has 0 aliphatic heterocycles. The second kappa shape index (κ2) is 17.7. The molecule has 6 aromatic rings. The van der Waals surface area contributed by atoms with E-state index in [1.54, 1.807) is 0 Å². The fourth-order valence-electron chi connectivity index (χ4n) is 4.27. The van der Waals surface area contributed by atoms with Gasteiger partial charge in [0.1, 0.15) is 0 Å². The van der Waals surface area contributed by atoms with Gasteiger partial charge in [0.15, 0.2) is 12.4 Å². The molecule has 6 rings (SSSR count). The van der Waals surface area contributed by atoms with Crippen LogP contribution in [0.1, 0.15) is 6.42 Å².